The molecule has 0 spiro atoms. The Morgan fingerprint density at radius 1 is 0.913 bits per heavy atom. The summed E-state index contributed by atoms with van der Waals surface area (Å²) in [5.41, 5.74) is 3.67. The number of alkyl carbamates (subject to hydrolysis) is 1. The van der Waals surface area contributed by atoms with E-state index in [1.54, 1.807) is 53.4 Å². The average molecular weight is 626 g/mol. The molecule has 1 aromatic heterocycles. The van der Waals surface area contributed by atoms with Crippen LogP contribution in [0.5, 0.6) is 0 Å². The molecule has 1 fully saturated rings. The van der Waals surface area contributed by atoms with E-state index >= 15 is 0 Å². The lowest BCUT2D eigenvalue weighted by Gasteiger charge is -2.23. The third kappa shape index (κ3) is 9.16. The molecule has 1 aliphatic rings. The fraction of sp³-hybridized carbons (Fsp3) is 0.343. The van der Waals surface area contributed by atoms with E-state index in [1.165, 1.54) is 25.7 Å². The van der Waals surface area contributed by atoms with E-state index in [0.717, 1.165) is 28.6 Å². The third-order valence-corrected chi connectivity index (χ3v) is 8.23. The second-order valence-electron chi connectivity index (χ2n) is 11.6. The van der Waals surface area contributed by atoms with Crippen LogP contribution in [-0.4, -0.2) is 56.4 Å². The number of benzene rings is 3. The standard InChI is InChI=1S/C35H39N5O6/c41-32(19-16-24-8-4-5-9-24)40(22-31-37-28-12-6-7-13-29(28)38-31)21-25-14-17-27(18-15-25)33(42)36-20-30(34(43)44)39-35(45)46-23-26-10-2-1-3-11-26/h1-3,6-7,10-15,17-18,24,30H,4-5,8-9,16,19-23H2,(H,36,42)(H,37,38)(H,39,45)(H,43,44)/t30-/m0/s1. The number of hydrogen-bond donors (Lipinski definition) is 4. The number of fused-ring (bicyclic) bond motifs is 1. The highest BCUT2D eigenvalue weighted by molar-refractivity contribution is 5.94. The summed E-state index contributed by atoms with van der Waals surface area (Å²) in [6, 6.07) is 22.2. The Labute approximate surface area is 267 Å². The quantitative estimate of drug-likeness (QED) is 0.151. The predicted molar refractivity (Wildman–Crippen MR) is 172 cm³/mol. The van der Waals surface area contributed by atoms with Gasteiger partial charge in [-0.25, -0.2) is 14.6 Å². The Morgan fingerprint density at radius 3 is 2.35 bits per heavy atom. The van der Waals surface area contributed by atoms with E-state index in [4.69, 9.17) is 4.74 Å². The summed E-state index contributed by atoms with van der Waals surface area (Å²) < 4.78 is 5.10. The number of nitrogens with one attached hydrogen (secondary N) is 3. The summed E-state index contributed by atoms with van der Waals surface area (Å²) in [5.74, 6) is -0.440. The smallest absolute Gasteiger partial charge is 0.408 e. The van der Waals surface area contributed by atoms with Crippen LogP contribution in [0, 0.1) is 5.92 Å². The summed E-state index contributed by atoms with van der Waals surface area (Å²) >= 11 is 0. The molecule has 4 N–H and O–H groups in total. The van der Waals surface area contributed by atoms with Crippen LogP contribution < -0.4 is 10.6 Å². The fourth-order valence-electron chi connectivity index (χ4n) is 5.66. The zero-order chi connectivity index (χ0) is 32.3. The number of carbonyl (C=O) groups is 4. The van der Waals surface area contributed by atoms with Gasteiger partial charge in [-0.1, -0.05) is 80.3 Å². The van der Waals surface area contributed by atoms with Crippen LogP contribution >= 0.6 is 0 Å². The van der Waals surface area contributed by atoms with Crippen molar-refractivity contribution in [1.82, 2.24) is 25.5 Å². The van der Waals surface area contributed by atoms with Crippen molar-refractivity contribution in [1.29, 1.82) is 0 Å². The number of aromatic amines is 1. The second kappa shape index (κ2) is 15.7. The second-order valence-corrected chi connectivity index (χ2v) is 11.6. The third-order valence-electron chi connectivity index (χ3n) is 8.23. The molecule has 4 aromatic rings. The van der Waals surface area contributed by atoms with Crippen molar-refractivity contribution < 1.29 is 29.0 Å². The average Bonchev–Trinajstić information content (AvgIpc) is 3.74. The first-order chi connectivity index (χ1) is 22.3. The molecule has 1 atom stereocenters. The molecule has 240 valence electrons. The summed E-state index contributed by atoms with van der Waals surface area (Å²) in [5, 5.41) is 14.4. The normalized spacial score (nSPS) is 13.7. The number of imidazole rings is 1. The Kier molecular flexibility index (Phi) is 11.0. The minimum atomic E-state index is -1.38. The van der Waals surface area contributed by atoms with Crippen molar-refractivity contribution in [3.05, 3.63) is 101 Å². The number of aliphatic carboxylic acids is 1. The molecule has 0 aliphatic heterocycles. The molecule has 1 heterocycles. The monoisotopic (exact) mass is 625 g/mol. The molecule has 3 amide bonds. The van der Waals surface area contributed by atoms with Crippen LogP contribution in [0.4, 0.5) is 4.79 Å². The van der Waals surface area contributed by atoms with Gasteiger partial charge in [0.2, 0.25) is 5.91 Å². The number of carbonyl (C=O) groups excluding carboxylic acids is 3. The minimum Gasteiger partial charge on any atom is -0.480 e. The van der Waals surface area contributed by atoms with E-state index < -0.39 is 24.0 Å². The largest absolute Gasteiger partial charge is 0.480 e. The molecule has 46 heavy (non-hydrogen) atoms. The van der Waals surface area contributed by atoms with Gasteiger partial charge in [0.15, 0.2) is 0 Å². The maximum absolute atomic E-state index is 13.4. The summed E-state index contributed by atoms with van der Waals surface area (Å²) in [4.78, 5) is 59.9. The fourth-order valence-corrected chi connectivity index (χ4v) is 5.66. The van der Waals surface area contributed by atoms with E-state index in [0.29, 0.717) is 36.8 Å². The molecule has 0 bridgehead atoms. The first kappa shape index (κ1) is 32.2. The number of carboxylic acid groups (broad SMARTS) is 1. The van der Waals surface area contributed by atoms with Crippen LogP contribution in [0.1, 0.15) is 65.8 Å². The number of amides is 3. The van der Waals surface area contributed by atoms with Crippen molar-refractivity contribution in [2.75, 3.05) is 6.54 Å². The van der Waals surface area contributed by atoms with Gasteiger partial charge in [-0.3, -0.25) is 9.59 Å². The molecule has 1 aliphatic carbocycles. The van der Waals surface area contributed by atoms with Gasteiger partial charge in [0, 0.05) is 25.1 Å². The van der Waals surface area contributed by atoms with Crippen molar-refractivity contribution in [3.8, 4) is 0 Å². The highest BCUT2D eigenvalue weighted by Crippen LogP contribution is 2.29. The molecule has 1 saturated carbocycles. The van der Waals surface area contributed by atoms with Gasteiger partial charge in [-0.15, -0.1) is 0 Å². The topological polar surface area (TPSA) is 154 Å². The maximum atomic E-state index is 13.4. The lowest BCUT2D eigenvalue weighted by Crippen LogP contribution is -2.48. The van der Waals surface area contributed by atoms with Gasteiger partial charge in [0.25, 0.3) is 5.91 Å². The number of para-hydroxylation sites is 2. The summed E-state index contributed by atoms with van der Waals surface area (Å²) in [6.45, 7) is 0.326. The highest BCUT2D eigenvalue weighted by atomic mass is 16.5. The minimum absolute atomic E-state index is 0.0143. The molecule has 11 nitrogen and oxygen atoms in total. The van der Waals surface area contributed by atoms with Crippen LogP contribution in [0.15, 0.2) is 78.9 Å². The SMILES string of the molecule is O=C(N[C@@H](CNC(=O)c1ccc(CN(Cc2nc3ccccc3[nH]2)C(=O)CCC2CCCC2)cc1)C(=O)O)OCc1ccccc1. The van der Waals surface area contributed by atoms with Gasteiger partial charge in [-0.05, 0) is 47.7 Å². The van der Waals surface area contributed by atoms with E-state index in [2.05, 4.69) is 20.6 Å². The molecule has 0 saturated heterocycles. The van der Waals surface area contributed by atoms with Crippen molar-refractivity contribution >= 4 is 34.9 Å². The predicted octanol–water partition coefficient (Wildman–Crippen LogP) is 5.17. The number of aromatic nitrogens is 2. The van der Waals surface area contributed by atoms with Crippen molar-refractivity contribution in [3.63, 3.8) is 0 Å². The van der Waals surface area contributed by atoms with E-state index in [9.17, 15) is 24.3 Å². The number of ether oxygens (including phenoxy) is 1. The van der Waals surface area contributed by atoms with Crippen LogP contribution in [-0.2, 0) is 34.0 Å². The number of carboxylic acids is 1. The number of H-pyrrole nitrogens is 1. The molecule has 5 rings (SSSR count). The molecule has 3 aromatic carbocycles. The van der Waals surface area contributed by atoms with Gasteiger partial charge in [0.05, 0.1) is 17.6 Å². The maximum Gasteiger partial charge on any atom is 0.408 e. The first-order valence-electron chi connectivity index (χ1n) is 15.6. The molecule has 0 radical (unpaired) electrons. The lowest BCUT2D eigenvalue weighted by molar-refractivity contribution is -0.139. The zero-order valence-electron chi connectivity index (χ0n) is 25.6. The van der Waals surface area contributed by atoms with Gasteiger partial charge in [0.1, 0.15) is 18.5 Å². The van der Waals surface area contributed by atoms with Crippen molar-refractivity contribution in [2.24, 2.45) is 5.92 Å². The summed E-state index contributed by atoms with van der Waals surface area (Å²) in [6.07, 6.45) is 5.28. The Balaban J connectivity index is 1.16. The van der Waals surface area contributed by atoms with E-state index in [-0.39, 0.29) is 19.1 Å². The number of rotatable bonds is 14. The highest BCUT2D eigenvalue weighted by Gasteiger charge is 2.23. The Bertz CT molecular complexity index is 1600. The van der Waals surface area contributed by atoms with Crippen LogP contribution in [0.2, 0.25) is 0 Å². The van der Waals surface area contributed by atoms with Crippen molar-refractivity contribution in [2.45, 2.75) is 64.3 Å². The Morgan fingerprint density at radius 2 is 1.63 bits per heavy atom. The molecule has 0 unspecified atom stereocenters. The first-order valence-corrected chi connectivity index (χ1v) is 15.6. The molecular formula is C35H39N5O6. The van der Waals surface area contributed by atoms with Crippen LogP contribution in [0.3, 0.4) is 0 Å². The van der Waals surface area contributed by atoms with Gasteiger partial charge in [-0.2, -0.15) is 0 Å². The molecular weight excluding hydrogens is 586 g/mol. The summed E-state index contributed by atoms with van der Waals surface area (Å²) in [7, 11) is 0. The Hall–Kier alpha value is -5.19. The zero-order valence-corrected chi connectivity index (χ0v) is 25.6. The van der Waals surface area contributed by atoms with E-state index in [1.807, 2.05) is 30.3 Å². The number of hydrogen-bond acceptors (Lipinski definition) is 6. The van der Waals surface area contributed by atoms with Gasteiger partial charge >= 0.3 is 12.1 Å². The lowest BCUT2D eigenvalue weighted by atomic mass is 10.0. The molecule has 11 heteroatoms. The number of nitrogens with zero attached hydrogens (tertiary/aromatic N) is 2. The van der Waals surface area contributed by atoms with Gasteiger partial charge < -0.3 is 30.4 Å². The van der Waals surface area contributed by atoms with Crippen LogP contribution in [0.25, 0.3) is 11.0 Å².